The highest BCUT2D eigenvalue weighted by atomic mass is 32.2. The Morgan fingerprint density at radius 3 is 2.29 bits per heavy atom. The number of anilines is 1. The lowest BCUT2D eigenvalue weighted by molar-refractivity contribution is -0.384. The number of benzene rings is 3. The van der Waals surface area contributed by atoms with Crippen molar-refractivity contribution in [2.75, 3.05) is 4.90 Å². The molecule has 7 nitrogen and oxygen atoms in total. The summed E-state index contributed by atoms with van der Waals surface area (Å²) in [6, 6.07) is 25.4. The smallest absolute Gasteiger partial charge is 0.268 e. The molecular weight excluding hydrogens is 480 g/mol. The van der Waals surface area contributed by atoms with Crippen molar-refractivity contribution in [1.29, 1.82) is 0 Å². The largest absolute Gasteiger partial charge is 0.271 e. The Morgan fingerprint density at radius 1 is 0.971 bits per heavy atom. The molecule has 0 atom stereocenters. The van der Waals surface area contributed by atoms with Crippen LogP contribution in [0.25, 0.3) is 16.8 Å². The highest BCUT2D eigenvalue weighted by Gasteiger charge is 2.36. The Morgan fingerprint density at radius 2 is 1.63 bits per heavy atom. The van der Waals surface area contributed by atoms with Crippen LogP contribution in [0, 0.1) is 10.1 Å². The molecule has 1 aromatic heterocycles. The average Bonchev–Trinajstić information content (AvgIpc) is 3.49. The molecule has 0 radical (unpaired) electrons. The van der Waals surface area contributed by atoms with E-state index in [-0.39, 0.29) is 11.6 Å². The second kappa shape index (κ2) is 9.65. The standard InChI is InChI=1S/C26H18N4O3S2/c1-17(18-12-14-21(15-13-18)30(32)33)23-24(31)29(20-10-6-3-7-11-20)26(35-23)28-25-27-22(16-34-25)19-8-4-2-5-9-19/h2-16H,1H3/b23-17-,28-26+. The summed E-state index contributed by atoms with van der Waals surface area (Å²) in [7, 11) is 0. The first-order valence-electron chi connectivity index (χ1n) is 10.6. The van der Waals surface area contributed by atoms with E-state index >= 15 is 0 Å². The molecule has 0 aliphatic carbocycles. The van der Waals surface area contributed by atoms with Crippen molar-refractivity contribution >= 4 is 56.3 Å². The van der Waals surface area contributed by atoms with E-state index in [9.17, 15) is 14.9 Å². The van der Waals surface area contributed by atoms with Gasteiger partial charge in [-0.2, -0.15) is 4.99 Å². The van der Waals surface area contributed by atoms with Crippen LogP contribution >= 0.6 is 23.1 Å². The summed E-state index contributed by atoms with van der Waals surface area (Å²) in [6.07, 6.45) is 0. The van der Waals surface area contributed by atoms with Gasteiger partial charge in [0, 0.05) is 23.1 Å². The van der Waals surface area contributed by atoms with Gasteiger partial charge in [0.25, 0.3) is 11.6 Å². The third-order valence-corrected chi connectivity index (χ3v) is 7.28. The maximum atomic E-state index is 13.6. The molecule has 4 aromatic rings. The van der Waals surface area contributed by atoms with Gasteiger partial charge in [-0.3, -0.25) is 19.8 Å². The second-order valence-electron chi connectivity index (χ2n) is 7.61. The normalized spacial score (nSPS) is 16.1. The van der Waals surface area contributed by atoms with Crippen LogP contribution in [0.2, 0.25) is 0 Å². The van der Waals surface area contributed by atoms with E-state index < -0.39 is 4.92 Å². The molecule has 1 aliphatic rings. The average molecular weight is 499 g/mol. The lowest BCUT2D eigenvalue weighted by Crippen LogP contribution is -2.28. The zero-order valence-corrected chi connectivity index (χ0v) is 20.1. The monoisotopic (exact) mass is 498 g/mol. The maximum Gasteiger partial charge on any atom is 0.271 e. The van der Waals surface area contributed by atoms with Crippen molar-refractivity contribution in [2.24, 2.45) is 4.99 Å². The summed E-state index contributed by atoms with van der Waals surface area (Å²) in [4.78, 5) is 35.6. The number of thioether (sulfide) groups is 1. The molecule has 2 heterocycles. The third kappa shape index (κ3) is 4.64. The van der Waals surface area contributed by atoms with E-state index in [0.717, 1.165) is 22.4 Å². The van der Waals surface area contributed by atoms with Gasteiger partial charge in [0.2, 0.25) is 5.13 Å². The van der Waals surface area contributed by atoms with Gasteiger partial charge in [-0.15, -0.1) is 11.3 Å². The topological polar surface area (TPSA) is 88.7 Å². The highest BCUT2D eigenvalue weighted by Crippen LogP contribution is 2.41. The Labute approximate surface area is 209 Å². The van der Waals surface area contributed by atoms with Crippen molar-refractivity contribution < 1.29 is 9.72 Å². The number of amidine groups is 1. The van der Waals surface area contributed by atoms with E-state index in [0.29, 0.717) is 20.9 Å². The van der Waals surface area contributed by atoms with Gasteiger partial charge in [-0.05, 0) is 54.1 Å². The predicted octanol–water partition coefficient (Wildman–Crippen LogP) is 6.92. The van der Waals surface area contributed by atoms with Gasteiger partial charge >= 0.3 is 0 Å². The zero-order chi connectivity index (χ0) is 24.4. The molecule has 1 aliphatic heterocycles. The van der Waals surface area contributed by atoms with Crippen LogP contribution < -0.4 is 4.90 Å². The number of thiazole rings is 1. The van der Waals surface area contributed by atoms with Crippen LogP contribution in [-0.4, -0.2) is 21.0 Å². The summed E-state index contributed by atoms with van der Waals surface area (Å²) in [5, 5.41) is 14.0. The number of aromatic nitrogens is 1. The quantitative estimate of drug-likeness (QED) is 0.169. The summed E-state index contributed by atoms with van der Waals surface area (Å²) < 4.78 is 0. The Balaban J connectivity index is 1.55. The number of hydrogen-bond acceptors (Lipinski definition) is 7. The van der Waals surface area contributed by atoms with E-state index in [1.807, 2.05) is 73.0 Å². The molecule has 0 bridgehead atoms. The molecule has 1 amide bonds. The number of nitro benzene ring substituents is 1. The molecule has 9 heteroatoms. The number of allylic oxidation sites excluding steroid dienone is 1. The van der Waals surface area contributed by atoms with E-state index in [1.165, 1.54) is 35.2 Å². The Hall–Kier alpha value is -4.08. The summed E-state index contributed by atoms with van der Waals surface area (Å²) in [5.41, 5.74) is 4.00. The SMILES string of the molecule is C/C(=C1/S/C(=N/c2nc(-c3ccccc3)cs2)N(c2ccccc2)C1=O)c1ccc([N+](=O)[O-])cc1. The minimum atomic E-state index is -0.443. The summed E-state index contributed by atoms with van der Waals surface area (Å²) in [5.74, 6) is -0.198. The number of rotatable bonds is 5. The molecule has 0 spiro atoms. The van der Waals surface area contributed by atoms with Crippen molar-refractivity contribution in [3.05, 3.63) is 111 Å². The van der Waals surface area contributed by atoms with Gasteiger partial charge in [0.15, 0.2) is 5.17 Å². The minimum Gasteiger partial charge on any atom is -0.268 e. The van der Waals surface area contributed by atoms with Crippen molar-refractivity contribution in [1.82, 2.24) is 4.98 Å². The lowest BCUT2D eigenvalue weighted by atomic mass is 10.1. The fourth-order valence-corrected chi connectivity index (χ4v) is 5.38. The number of carbonyl (C=O) groups is 1. The Bertz CT molecular complexity index is 1460. The molecule has 5 rings (SSSR count). The zero-order valence-electron chi connectivity index (χ0n) is 18.5. The van der Waals surface area contributed by atoms with Crippen LogP contribution in [0.4, 0.5) is 16.5 Å². The first-order valence-corrected chi connectivity index (χ1v) is 12.3. The highest BCUT2D eigenvalue weighted by molar-refractivity contribution is 8.19. The van der Waals surface area contributed by atoms with Crippen molar-refractivity contribution in [2.45, 2.75) is 6.92 Å². The molecule has 172 valence electrons. The van der Waals surface area contributed by atoms with E-state index in [1.54, 1.807) is 17.0 Å². The maximum absolute atomic E-state index is 13.6. The fraction of sp³-hybridized carbons (Fsp3) is 0.0385. The van der Waals surface area contributed by atoms with Crippen LogP contribution in [-0.2, 0) is 4.79 Å². The van der Waals surface area contributed by atoms with Gasteiger partial charge in [-0.1, -0.05) is 48.5 Å². The molecule has 1 fully saturated rings. The number of carbonyl (C=O) groups excluding carboxylic acids is 1. The predicted molar refractivity (Wildman–Crippen MR) is 142 cm³/mol. The van der Waals surface area contributed by atoms with Gasteiger partial charge in [-0.25, -0.2) is 4.98 Å². The number of amides is 1. The molecular formula is C26H18N4O3S2. The Kier molecular flexibility index (Phi) is 6.26. The molecule has 0 saturated carbocycles. The summed E-state index contributed by atoms with van der Waals surface area (Å²) >= 11 is 2.68. The second-order valence-corrected chi connectivity index (χ2v) is 9.43. The van der Waals surface area contributed by atoms with Gasteiger partial charge < -0.3 is 0 Å². The molecule has 1 saturated heterocycles. The number of para-hydroxylation sites is 1. The van der Waals surface area contributed by atoms with Gasteiger partial charge in [0.1, 0.15) is 0 Å². The molecule has 0 N–H and O–H groups in total. The number of aliphatic imine (C=N–C) groups is 1. The third-order valence-electron chi connectivity index (χ3n) is 5.40. The number of non-ortho nitro benzene ring substituents is 1. The van der Waals surface area contributed by atoms with E-state index in [4.69, 9.17) is 4.99 Å². The van der Waals surface area contributed by atoms with Gasteiger partial charge in [0.05, 0.1) is 21.2 Å². The van der Waals surface area contributed by atoms with Crippen LogP contribution in [0.1, 0.15) is 12.5 Å². The first-order chi connectivity index (χ1) is 17.0. The van der Waals surface area contributed by atoms with Crippen LogP contribution in [0.5, 0.6) is 0 Å². The fourth-order valence-electron chi connectivity index (χ4n) is 3.59. The van der Waals surface area contributed by atoms with Crippen LogP contribution in [0.15, 0.2) is 100 Å². The first kappa shape index (κ1) is 22.7. The molecule has 35 heavy (non-hydrogen) atoms. The number of nitro groups is 1. The van der Waals surface area contributed by atoms with Crippen LogP contribution in [0.3, 0.4) is 0 Å². The lowest BCUT2D eigenvalue weighted by Gasteiger charge is -2.15. The summed E-state index contributed by atoms with van der Waals surface area (Å²) in [6.45, 7) is 1.84. The number of hydrogen-bond donors (Lipinski definition) is 0. The minimum absolute atomic E-state index is 0.00288. The molecule has 3 aromatic carbocycles. The number of nitrogens with zero attached hydrogens (tertiary/aromatic N) is 4. The van der Waals surface area contributed by atoms with Crippen molar-refractivity contribution in [3.63, 3.8) is 0 Å². The van der Waals surface area contributed by atoms with Crippen molar-refractivity contribution in [3.8, 4) is 11.3 Å². The van der Waals surface area contributed by atoms with E-state index in [2.05, 4.69) is 4.98 Å². The molecule has 0 unspecified atom stereocenters.